The first-order valence-electron chi connectivity index (χ1n) is 5.86. The molecule has 2 N–H and O–H groups in total. The van der Waals surface area contributed by atoms with Gasteiger partial charge in [-0.15, -0.1) is 0 Å². The lowest BCUT2D eigenvalue weighted by Crippen LogP contribution is -2.44. The fraction of sp³-hybridized carbons (Fsp3) is 0.917. The van der Waals surface area contributed by atoms with E-state index >= 15 is 0 Å². The van der Waals surface area contributed by atoms with Crippen molar-refractivity contribution in [2.75, 3.05) is 20.6 Å². The lowest BCUT2D eigenvalue weighted by Gasteiger charge is -2.40. The Morgan fingerprint density at radius 1 is 1.47 bits per heavy atom. The van der Waals surface area contributed by atoms with Crippen LogP contribution in [0.15, 0.2) is 5.10 Å². The summed E-state index contributed by atoms with van der Waals surface area (Å²) in [7, 11) is 4.29. The second-order valence-electron chi connectivity index (χ2n) is 6.06. The van der Waals surface area contributed by atoms with Gasteiger partial charge in [-0.1, -0.05) is 13.8 Å². The van der Waals surface area contributed by atoms with E-state index in [0.29, 0.717) is 5.41 Å². The monoisotopic (exact) mass is 209 g/mol. The van der Waals surface area contributed by atoms with Crippen LogP contribution in [0.25, 0.3) is 0 Å². The van der Waals surface area contributed by atoms with Crippen molar-refractivity contribution in [1.29, 1.82) is 0 Å². The predicted molar refractivity (Wildman–Crippen MR) is 63.7 cm³/mol. The normalized spacial score (nSPS) is 40.6. The smallest absolute Gasteiger partial charge is 0.0458 e. The highest BCUT2D eigenvalue weighted by atomic mass is 15.2. The van der Waals surface area contributed by atoms with Crippen LogP contribution in [0.3, 0.4) is 0 Å². The second-order valence-corrected chi connectivity index (χ2v) is 6.06. The molecule has 0 saturated heterocycles. The Morgan fingerprint density at radius 3 is 2.60 bits per heavy atom. The largest absolute Gasteiger partial charge is 0.323 e. The Balaban J connectivity index is 2.39. The fourth-order valence-corrected chi connectivity index (χ4v) is 3.89. The Morgan fingerprint density at radius 2 is 2.13 bits per heavy atom. The minimum atomic E-state index is 0.246. The van der Waals surface area contributed by atoms with E-state index in [1.807, 2.05) is 0 Å². The third-order valence-electron chi connectivity index (χ3n) is 4.91. The van der Waals surface area contributed by atoms with Gasteiger partial charge in [-0.05, 0) is 44.7 Å². The summed E-state index contributed by atoms with van der Waals surface area (Å²) < 4.78 is 0. The zero-order chi connectivity index (χ0) is 11.3. The second kappa shape index (κ2) is 3.21. The predicted octanol–water partition coefficient (Wildman–Crippen LogP) is 1.69. The van der Waals surface area contributed by atoms with Gasteiger partial charge < -0.3 is 10.7 Å². The lowest BCUT2D eigenvalue weighted by molar-refractivity contribution is 0.135. The number of rotatable bonds is 2. The van der Waals surface area contributed by atoms with Gasteiger partial charge in [0.15, 0.2) is 0 Å². The first-order chi connectivity index (χ1) is 6.94. The summed E-state index contributed by atoms with van der Waals surface area (Å²) in [5.74, 6) is 6.36. The molecule has 0 spiro atoms. The molecule has 0 amide bonds. The first-order valence-corrected chi connectivity index (χ1v) is 5.86. The molecule has 3 heteroatoms. The highest BCUT2D eigenvalue weighted by Gasteiger charge is 2.62. The highest BCUT2D eigenvalue weighted by molar-refractivity contribution is 5.94. The van der Waals surface area contributed by atoms with Crippen LogP contribution in [-0.2, 0) is 0 Å². The van der Waals surface area contributed by atoms with Gasteiger partial charge in [-0.2, -0.15) is 5.10 Å². The lowest BCUT2D eigenvalue weighted by atomic mass is 9.68. The summed E-state index contributed by atoms with van der Waals surface area (Å²) in [4.78, 5) is 2.28. The summed E-state index contributed by atoms with van der Waals surface area (Å²) in [6.45, 7) is 5.88. The Bertz CT molecular complexity index is 293. The van der Waals surface area contributed by atoms with Gasteiger partial charge in [0.1, 0.15) is 0 Å². The third-order valence-corrected chi connectivity index (χ3v) is 4.91. The summed E-state index contributed by atoms with van der Waals surface area (Å²) in [5, 5.41) is 4.08. The van der Waals surface area contributed by atoms with E-state index in [1.54, 1.807) is 0 Å². The van der Waals surface area contributed by atoms with Crippen LogP contribution in [-0.4, -0.2) is 31.3 Å². The van der Waals surface area contributed by atoms with Gasteiger partial charge in [-0.3, -0.25) is 0 Å². The Labute approximate surface area is 92.7 Å². The van der Waals surface area contributed by atoms with E-state index < -0.39 is 0 Å². The van der Waals surface area contributed by atoms with E-state index in [0.717, 1.165) is 18.9 Å². The standard InChI is InChI=1S/C12H23N3/c1-11(2)9-5-6-12(11,8-15(3)4)10(7-9)14-13/h9H,5-8,13H2,1-4H3/b14-10+/t9-,12-/m1/s1. The molecule has 2 saturated carbocycles. The van der Waals surface area contributed by atoms with Crippen molar-refractivity contribution in [1.82, 2.24) is 4.90 Å². The average molecular weight is 209 g/mol. The fourth-order valence-electron chi connectivity index (χ4n) is 3.89. The van der Waals surface area contributed by atoms with Crippen LogP contribution >= 0.6 is 0 Å². The summed E-state index contributed by atoms with van der Waals surface area (Å²) in [6, 6.07) is 0. The minimum Gasteiger partial charge on any atom is -0.323 e. The molecule has 2 aliphatic rings. The Kier molecular flexibility index (Phi) is 2.34. The molecule has 0 radical (unpaired) electrons. The number of hydrogen-bond donors (Lipinski definition) is 1. The van der Waals surface area contributed by atoms with Crippen molar-refractivity contribution < 1.29 is 0 Å². The van der Waals surface area contributed by atoms with E-state index in [1.165, 1.54) is 18.6 Å². The van der Waals surface area contributed by atoms with Gasteiger partial charge >= 0.3 is 0 Å². The molecule has 2 rings (SSSR count). The molecule has 15 heavy (non-hydrogen) atoms. The van der Waals surface area contributed by atoms with Crippen LogP contribution in [0.5, 0.6) is 0 Å². The van der Waals surface area contributed by atoms with Crippen molar-refractivity contribution in [2.24, 2.45) is 27.7 Å². The molecule has 2 bridgehead atoms. The van der Waals surface area contributed by atoms with E-state index in [4.69, 9.17) is 5.84 Å². The number of fused-ring (bicyclic) bond motifs is 2. The van der Waals surface area contributed by atoms with Crippen molar-refractivity contribution in [3.05, 3.63) is 0 Å². The Hall–Kier alpha value is -0.570. The first kappa shape index (κ1) is 10.9. The topological polar surface area (TPSA) is 41.6 Å². The molecule has 0 unspecified atom stereocenters. The summed E-state index contributed by atoms with van der Waals surface area (Å²) in [5.41, 5.74) is 1.88. The average Bonchev–Trinajstić information content (AvgIpc) is 2.49. The van der Waals surface area contributed by atoms with Crippen molar-refractivity contribution in [3.63, 3.8) is 0 Å². The zero-order valence-electron chi connectivity index (χ0n) is 10.4. The molecule has 0 aromatic heterocycles. The van der Waals surface area contributed by atoms with Gasteiger partial charge in [0.25, 0.3) is 0 Å². The van der Waals surface area contributed by atoms with E-state index in [2.05, 4.69) is 37.9 Å². The van der Waals surface area contributed by atoms with Crippen molar-refractivity contribution in [2.45, 2.75) is 33.1 Å². The SMILES string of the molecule is CN(C)C[C@]12CC[C@H](C/C1=N\N)C2(C)C. The number of nitrogens with two attached hydrogens (primary N) is 1. The molecular weight excluding hydrogens is 186 g/mol. The van der Waals surface area contributed by atoms with Gasteiger partial charge in [0.05, 0.1) is 0 Å². The van der Waals surface area contributed by atoms with Gasteiger partial charge in [0.2, 0.25) is 0 Å². The van der Waals surface area contributed by atoms with Gasteiger partial charge in [-0.25, -0.2) is 0 Å². The molecule has 86 valence electrons. The quantitative estimate of drug-likeness (QED) is 0.555. The zero-order valence-corrected chi connectivity index (χ0v) is 10.4. The number of nitrogens with zero attached hydrogens (tertiary/aromatic N) is 2. The summed E-state index contributed by atoms with van der Waals surface area (Å²) in [6.07, 6.45) is 3.73. The van der Waals surface area contributed by atoms with E-state index in [-0.39, 0.29) is 5.41 Å². The molecule has 0 aromatic rings. The van der Waals surface area contributed by atoms with Crippen molar-refractivity contribution >= 4 is 5.71 Å². The molecule has 0 heterocycles. The van der Waals surface area contributed by atoms with Gasteiger partial charge in [0, 0.05) is 17.7 Å². The van der Waals surface area contributed by atoms with E-state index in [9.17, 15) is 0 Å². The molecule has 0 aliphatic heterocycles. The number of hydrazone groups is 1. The highest BCUT2D eigenvalue weighted by Crippen LogP contribution is 2.64. The van der Waals surface area contributed by atoms with Crippen LogP contribution in [0.2, 0.25) is 0 Å². The number of hydrogen-bond acceptors (Lipinski definition) is 3. The van der Waals surface area contributed by atoms with Crippen LogP contribution in [0.4, 0.5) is 0 Å². The summed E-state index contributed by atoms with van der Waals surface area (Å²) >= 11 is 0. The third kappa shape index (κ3) is 1.25. The maximum absolute atomic E-state index is 5.57. The van der Waals surface area contributed by atoms with Crippen LogP contribution in [0, 0.1) is 16.7 Å². The maximum Gasteiger partial charge on any atom is 0.0458 e. The molecule has 3 nitrogen and oxygen atoms in total. The van der Waals surface area contributed by atoms with Crippen molar-refractivity contribution in [3.8, 4) is 0 Å². The minimum absolute atomic E-state index is 0.246. The molecule has 2 aliphatic carbocycles. The molecule has 0 aromatic carbocycles. The van der Waals surface area contributed by atoms with Crippen LogP contribution in [0.1, 0.15) is 33.1 Å². The molecule has 2 atom stereocenters. The van der Waals surface area contributed by atoms with Crippen LogP contribution < -0.4 is 5.84 Å². The maximum atomic E-state index is 5.57. The molecular formula is C12H23N3. The molecule has 2 fully saturated rings.